The van der Waals surface area contributed by atoms with Crippen LogP contribution in [-0.4, -0.2) is 49.2 Å². The number of carbonyl (C=O) groups excluding carboxylic acids is 2. The van der Waals surface area contributed by atoms with E-state index in [1.807, 2.05) is 0 Å². The number of methoxy groups -OCH3 is 1. The summed E-state index contributed by atoms with van der Waals surface area (Å²) in [6, 6.07) is 5.68. The molecule has 0 saturated carbocycles. The summed E-state index contributed by atoms with van der Waals surface area (Å²) in [5.74, 6) is -2.35. The first-order chi connectivity index (χ1) is 14.2. The Labute approximate surface area is 172 Å². The first-order valence-electron chi connectivity index (χ1n) is 8.94. The van der Waals surface area contributed by atoms with E-state index >= 15 is 0 Å². The fourth-order valence-electron chi connectivity index (χ4n) is 3.19. The summed E-state index contributed by atoms with van der Waals surface area (Å²) in [6.45, 7) is 3.25. The van der Waals surface area contributed by atoms with E-state index in [4.69, 9.17) is 9.47 Å². The lowest BCUT2D eigenvalue weighted by Crippen LogP contribution is -2.33. The second-order valence-corrected chi connectivity index (χ2v) is 6.58. The molecule has 0 amide bonds. The van der Waals surface area contributed by atoms with Gasteiger partial charge in [-0.05, 0) is 19.4 Å². The fourth-order valence-corrected chi connectivity index (χ4v) is 3.19. The van der Waals surface area contributed by atoms with Crippen LogP contribution in [0.25, 0.3) is 0 Å². The zero-order valence-corrected chi connectivity index (χ0v) is 17.0. The average molecular weight is 418 g/mol. The van der Waals surface area contributed by atoms with Gasteiger partial charge in [0.1, 0.15) is 6.61 Å². The molecule has 11 heteroatoms. The number of esters is 2. The van der Waals surface area contributed by atoms with Gasteiger partial charge in [0.25, 0.3) is 5.69 Å². The number of hydrogen-bond acceptors (Lipinski definition) is 9. The summed E-state index contributed by atoms with van der Waals surface area (Å²) < 4.78 is 10.1. The molecule has 0 saturated heterocycles. The van der Waals surface area contributed by atoms with Crippen molar-refractivity contribution in [3.05, 3.63) is 67.4 Å². The molecular weight excluding hydrogens is 396 g/mol. The molecule has 1 aliphatic rings. The number of benzene rings is 1. The van der Waals surface area contributed by atoms with E-state index in [9.17, 15) is 24.6 Å². The number of nitro benzene ring substituents is 1. The van der Waals surface area contributed by atoms with Crippen molar-refractivity contribution in [1.82, 2.24) is 10.3 Å². The van der Waals surface area contributed by atoms with Crippen LogP contribution >= 0.6 is 0 Å². The Balaban J connectivity index is 2.52. The lowest BCUT2D eigenvalue weighted by Gasteiger charge is -2.30. The molecule has 1 atom stereocenters. The van der Waals surface area contributed by atoms with Gasteiger partial charge in [0.05, 0.1) is 40.9 Å². The van der Waals surface area contributed by atoms with Gasteiger partial charge in [-0.15, -0.1) is 4.91 Å². The number of ether oxygens (including phenoxy) is 2. The van der Waals surface area contributed by atoms with E-state index in [-0.39, 0.29) is 30.0 Å². The molecule has 1 aromatic carbocycles. The molecule has 2 rings (SSSR count). The third-order valence-electron chi connectivity index (χ3n) is 4.59. The number of carbonyl (C=O) groups is 2. The van der Waals surface area contributed by atoms with E-state index in [0.717, 1.165) is 5.01 Å². The van der Waals surface area contributed by atoms with Gasteiger partial charge in [-0.25, -0.2) is 9.59 Å². The molecule has 0 bridgehead atoms. The van der Waals surface area contributed by atoms with Crippen molar-refractivity contribution in [2.45, 2.75) is 19.8 Å². The van der Waals surface area contributed by atoms with Gasteiger partial charge in [-0.1, -0.05) is 12.1 Å². The van der Waals surface area contributed by atoms with Crippen LogP contribution in [0.1, 0.15) is 25.3 Å². The van der Waals surface area contributed by atoms with Crippen LogP contribution in [-0.2, 0) is 19.1 Å². The van der Waals surface area contributed by atoms with E-state index < -0.39 is 22.8 Å². The van der Waals surface area contributed by atoms with Crippen LogP contribution in [0.15, 0.2) is 52.1 Å². The zero-order valence-electron chi connectivity index (χ0n) is 17.0. The highest BCUT2D eigenvalue weighted by Gasteiger charge is 2.38. The average Bonchev–Trinajstić information content (AvgIpc) is 2.72. The monoisotopic (exact) mass is 418 g/mol. The molecule has 1 heterocycles. The van der Waals surface area contributed by atoms with Crippen LogP contribution in [0.2, 0.25) is 0 Å². The van der Waals surface area contributed by atoms with E-state index in [1.54, 1.807) is 19.9 Å². The van der Waals surface area contributed by atoms with E-state index in [2.05, 4.69) is 10.6 Å². The van der Waals surface area contributed by atoms with Crippen molar-refractivity contribution >= 4 is 17.6 Å². The number of nitroso groups, excluding NO2 is 1. The maximum atomic E-state index is 12.9. The molecule has 11 nitrogen and oxygen atoms in total. The van der Waals surface area contributed by atoms with Crippen molar-refractivity contribution in [1.29, 1.82) is 0 Å². The molecule has 0 fully saturated rings. The van der Waals surface area contributed by atoms with Crippen LogP contribution in [0.4, 0.5) is 5.69 Å². The maximum Gasteiger partial charge on any atom is 0.336 e. The first-order valence-corrected chi connectivity index (χ1v) is 8.94. The number of non-ortho nitro benzene ring substituents is 1. The number of dihydropyridines is 1. The van der Waals surface area contributed by atoms with Gasteiger partial charge in [0, 0.05) is 30.6 Å². The van der Waals surface area contributed by atoms with Crippen molar-refractivity contribution < 1.29 is 24.0 Å². The number of rotatable bonds is 8. The van der Waals surface area contributed by atoms with Gasteiger partial charge in [0.15, 0.2) is 0 Å². The van der Waals surface area contributed by atoms with Crippen LogP contribution in [0.3, 0.4) is 0 Å². The number of likely N-dealkylation sites (N-methyl/N-ethyl adjacent to an activating group) is 1. The molecule has 0 aliphatic carbocycles. The quantitative estimate of drug-likeness (QED) is 0.291. The Kier molecular flexibility index (Phi) is 7.23. The summed E-state index contributed by atoms with van der Waals surface area (Å²) >= 11 is 0. The van der Waals surface area contributed by atoms with E-state index in [0.29, 0.717) is 17.0 Å². The number of allylic oxidation sites excluding steroid dienone is 2. The number of nitrogens with zero attached hydrogens (tertiary/aromatic N) is 3. The molecule has 1 aliphatic heterocycles. The number of hydrogen-bond donors (Lipinski definition) is 1. The molecule has 1 aromatic rings. The molecular formula is C19H22N4O7. The summed E-state index contributed by atoms with van der Waals surface area (Å²) in [5.41, 5.74) is 1.33. The third kappa shape index (κ3) is 4.80. The summed E-state index contributed by atoms with van der Waals surface area (Å²) in [5, 5.41) is 18.0. The molecule has 30 heavy (non-hydrogen) atoms. The smallest absolute Gasteiger partial charge is 0.336 e. The van der Waals surface area contributed by atoms with Crippen molar-refractivity contribution in [3.8, 4) is 0 Å². The second kappa shape index (κ2) is 9.63. The van der Waals surface area contributed by atoms with Crippen molar-refractivity contribution in [3.63, 3.8) is 0 Å². The summed E-state index contributed by atoms with van der Waals surface area (Å²) in [7, 11) is 2.64. The summed E-state index contributed by atoms with van der Waals surface area (Å²) in [4.78, 5) is 46.5. The molecule has 1 N–H and O–H groups in total. The predicted octanol–water partition coefficient (Wildman–Crippen LogP) is 2.16. The van der Waals surface area contributed by atoms with Gasteiger partial charge in [-0.3, -0.25) is 15.1 Å². The highest BCUT2D eigenvalue weighted by molar-refractivity contribution is 5.99. The number of nitro groups is 1. The van der Waals surface area contributed by atoms with Crippen LogP contribution in [0, 0.1) is 15.0 Å². The highest BCUT2D eigenvalue weighted by atomic mass is 16.6. The van der Waals surface area contributed by atoms with Gasteiger partial charge in [0.2, 0.25) is 0 Å². The van der Waals surface area contributed by atoms with Gasteiger partial charge < -0.3 is 14.8 Å². The minimum atomic E-state index is -0.937. The van der Waals surface area contributed by atoms with Crippen molar-refractivity contribution in [2.24, 2.45) is 5.29 Å². The molecule has 160 valence electrons. The lowest BCUT2D eigenvalue weighted by atomic mass is 9.80. The summed E-state index contributed by atoms with van der Waals surface area (Å²) in [6.07, 6.45) is 0. The normalized spacial score (nSPS) is 15.9. The fraction of sp³-hybridized carbons (Fsp3) is 0.368. The standard InChI is InChI=1S/C19H22N4O7/c1-11-15(18(24)29-4)17(13-6-5-7-14(10-13)23(27)28)16(12(2)20-11)19(25)30-9-8-22(3)21-26/h5-7,10,17,20H,8-9H2,1-4H3. The topological polar surface area (TPSA) is 140 Å². The second-order valence-electron chi connectivity index (χ2n) is 6.58. The Hall–Kier alpha value is -3.76. The van der Waals surface area contributed by atoms with Crippen molar-refractivity contribution in [2.75, 3.05) is 27.3 Å². The minimum Gasteiger partial charge on any atom is -0.466 e. The Morgan fingerprint density at radius 2 is 1.87 bits per heavy atom. The zero-order chi connectivity index (χ0) is 22.4. The first kappa shape index (κ1) is 22.5. The van der Waals surface area contributed by atoms with Crippen LogP contribution < -0.4 is 5.32 Å². The highest BCUT2D eigenvalue weighted by Crippen LogP contribution is 2.40. The Morgan fingerprint density at radius 1 is 1.23 bits per heavy atom. The lowest BCUT2D eigenvalue weighted by molar-refractivity contribution is -0.384. The molecule has 0 spiro atoms. The molecule has 0 radical (unpaired) electrons. The molecule has 0 aromatic heterocycles. The van der Waals surface area contributed by atoms with Crippen LogP contribution in [0.5, 0.6) is 0 Å². The Morgan fingerprint density at radius 3 is 2.43 bits per heavy atom. The molecule has 1 unspecified atom stereocenters. The van der Waals surface area contributed by atoms with Gasteiger partial charge in [-0.2, -0.15) is 0 Å². The third-order valence-corrected chi connectivity index (χ3v) is 4.59. The van der Waals surface area contributed by atoms with E-state index in [1.165, 1.54) is 32.4 Å². The largest absolute Gasteiger partial charge is 0.466 e. The van der Waals surface area contributed by atoms with Gasteiger partial charge >= 0.3 is 11.9 Å². The number of nitrogens with one attached hydrogen (secondary N) is 1. The maximum absolute atomic E-state index is 12.9. The SMILES string of the molecule is COC(=O)C1=C(C)NC(C)=C(C(=O)OCCN(C)N=O)C1c1cccc([N+](=O)[O-])c1. The predicted molar refractivity (Wildman–Crippen MR) is 106 cm³/mol. The minimum absolute atomic E-state index is 0.0786. The Bertz CT molecular complexity index is 939.